The second-order valence-electron chi connectivity index (χ2n) is 3.51. The Bertz CT molecular complexity index is 562. The summed E-state index contributed by atoms with van der Waals surface area (Å²) < 4.78 is 18.7. The first-order chi connectivity index (χ1) is 7.63. The van der Waals surface area contributed by atoms with Crippen LogP contribution in [0.15, 0.2) is 22.7 Å². The van der Waals surface area contributed by atoms with Crippen LogP contribution in [-0.4, -0.2) is 5.16 Å². The Morgan fingerprint density at radius 3 is 2.62 bits per heavy atom. The van der Waals surface area contributed by atoms with Gasteiger partial charge in [0, 0.05) is 5.56 Å². The molecule has 0 unspecified atom stereocenters. The first-order valence-electron chi connectivity index (χ1n) is 4.76. The minimum atomic E-state index is -0.437. The summed E-state index contributed by atoms with van der Waals surface area (Å²) in [5.41, 5.74) is 2.01. The van der Waals surface area contributed by atoms with Crippen LogP contribution in [0.5, 0.6) is 0 Å². The van der Waals surface area contributed by atoms with Crippen LogP contribution in [0.2, 0.25) is 0 Å². The van der Waals surface area contributed by atoms with E-state index in [4.69, 9.17) is 9.78 Å². The first kappa shape index (κ1) is 10.4. The minimum absolute atomic E-state index is 0.299. The monoisotopic (exact) mass is 216 g/mol. The summed E-state index contributed by atoms with van der Waals surface area (Å²) in [4.78, 5) is 0. The second-order valence-corrected chi connectivity index (χ2v) is 3.51. The lowest BCUT2D eigenvalue weighted by Gasteiger charge is -2.02. The highest BCUT2D eigenvalue weighted by Gasteiger charge is 2.15. The van der Waals surface area contributed by atoms with E-state index in [2.05, 4.69) is 5.16 Å². The summed E-state index contributed by atoms with van der Waals surface area (Å²) in [7, 11) is 0. The molecular weight excluding hydrogens is 207 g/mol. The highest BCUT2D eigenvalue weighted by molar-refractivity contribution is 5.68. The van der Waals surface area contributed by atoms with Crippen molar-refractivity contribution in [3.63, 3.8) is 0 Å². The lowest BCUT2D eigenvalue weighted by molar-refractivity contribution is 0.393. The predicted molar refractivity (Wildman–Crippen MR) is 56.1 cm³/mol. The van der Waals surface area contributed by atoms with E-state index in [1.54, 1.807) is 26.0 Å². The SMILES string of the molecule is Cc1noc(C)c1-c1ccc(C#N)cc1F. The summed E-state index contributed by atoms with van der Waals surface area (Å²) in [5.74, 6) is 0.134. The number of rotatable bonds is 1. The first-order valence-corrected chi connectivity index (χ1v) is 4.76. The van der Waals surface area contributed by atoms with E-state index >= 15 is 0 Å². The number of hydrogen-bond donors (Lipinski definition) is 0. The van der Waals surface area contributed by atoms with E-state index in [0.717, 1.165) is 0 Å². The van der Waals surface area contributed by atoms with Gasteiger partial charge in [-0.1, -0.05) is 5.16 Å². The highest BCUT2D eigenvalue weighted by atomic mass is 19.1. The van der Waals surface area contributed by atoms with Crippen molar-refractivity contribution in [2.24, 2.45) is 0 Å². The number of nitriles is 1. The molecule has 1 aromatic heterocycles. The molecule has 16 heavy (non-hydrogen) atoms. The maximum atomic E-state index is 13.7. The second kappa shape index (κ2) is 3.78. The van der Waals surface area contributed by atoms with Crippen LogP contribution in [0, 0.1) is 31.0 Å². The zero-order chi connectivity index (χ0) is 11.7. The maximum Gasteiger partial charge on any atom is 0.141 e. The summed E-state index contributed by atoms with van der Waals surface area (Å²) in [6.07, 6.45) is 0. The van der Waals surface area contributed by atoms with Gasteiger partial charge >= 0.3 is 0 Å². The molecular formula is C12H9FN2O. The third kappa shape index (κ3) is 1.57. The van der Waals surface area contributed by atoms with Gasteiger partial charge in [0.1, 0.15) is 11.6 Å². The normalized spacial score (nSPS) is 10.1. The average molecular weight is 216 g/mol. The van der Waals surface area contributed by atoms with Crippen molar-refractivity contribution in [3.05, 3.63) is 41.0 Å². The molecule has 0 bridgehead atoms. The van der Waals surface area contributed by atoms with Crippen molar-refractivity contribution >= 4 is 0 Å². The molecule has 4 heteroatoms. The van der Waals surface area contributed by atoms with Crippen molar-refractivity contribution < 1.29 is 8.91 Å². The van der Waals surface area contributed by atoms with E-state index in [9.17, 15) is 4.39 Å². The Morgan fingerprint density at radius 2 is 2.12 bits per heavy atom. The molecule has 3 nitrogen and oxygen atoms in total. The van der Waals surface area contributed by atoms with Gasteiger partial charge < -0.3 is 4.52 Å². The Balaban J connectivity index is 2.62. The highest BCUT2D eigenvalue weighted by Crippen LogP contribution is 2.29. The van der Waals surface area contributed by atoms with E-state index in [0.29, 0.717) is 28.1 Å². The molecule has 1 aromatic carbocycles. The van der Waals surface area contributed by atoms with Crippen molar-refractivity contribution in [3.8, 4) is 17.2 Å². The Morgan fingerprint density at radius 1 is 1.38 bits per heavy atom. The van der Waals surface area contributed by atoms with Gasteiger partial charge in [0.2, 0.25) is 0 Å². The van der Waals surface area contributed by atoms with Crippen LogP contribution in [0.4, 0.5) is 4.39 Å². The third-order valence-corrected chi connectivity index (χ3v) is 2.40. The molecule has 0 aliphatic carbocycles. The molecule has 0 spiro atoms. The van der Waals surface area contributed by atoms with E-state index in [-0.39, 0.29) is 0 Å². The molecule has 0 radical (unpaired) electrons. The van der Waals surface area contributed by atoms with Gasteiger partial charge in [-0.25, -0.2) is 4.39 Å². The Hall–Kier alpha value is -2.15. The predicted octanol–water partition coefficient (Wildman–Crippen LogP) is 2.97. The molecule has 2 rings (SSSR count). The van der Waals surface area contributed by atoms with Crippen molar-refractivity contribution in [1.82, 2.24) is 5.16 Å². The number of halogens is 1. The number of hydrogen-bond acceptors (Lipinski definition) is 3. The number of benzene rings is 1. The zero-order valence-electron chi connectivity index (χ0n) is 8.91. The lowest BCUT2D eigenvalue weighted by Crippen LogP contribution is -1.88. The summed E-state index contributed by atoms with van der Waals surface area (Å²) in [6.45, 7) is 3.48. The molecule has 0 N–H and O–H groups in total. The summed E-state index contributed by atoms with van der Waals surface area (Å²) >= 11 is 0. The molecule has 0 atom stereocenters. The van der Waals surface area contributed by atoms with Crippen LogP contribution >= 0.6 is 0 Å². The van der Waals surface area contributed by atoms with E-state index < -0.39 is 5.82 Å². The van der Waals surface area contributed by atoms with Gasteiger partial charge in [0.25, 0.3) is 0 Å². The van der Waals surface area contributed by atoms with Gasteiger partial charge in [-0.05, 0) is 32.0 Å². The molecule has 0 saturated carbocycles. The third-order valence-electron chi connectivity index (χ3n) is 2.40. The van der Waals surface area contributed by atoms with Gasteiger partial charge in [0.15, 0.2) is 0 Å². The van der Waals surface area contributed by atoms with Crippen molar-refractivity contribution in [2.75, 3.05) is 0 Å². The van der Waals surface area contributed by atoms with E-state index in [1.807, 2.05) is 6.07 Å². The molecule has 1 heterocycles. The number of aromatic nitrogens is 1. The topological polar surface area (TPSA) is 49.8 Å². The average Bonchev–Trinajstić information content (AvgIpc) is 2.59. The van der Waals surface area contributed by atoms with Crippen LogP contribution in [0.25, 0.3) is 11.1 Å². The molecule has 2 aromatic rings. The smallest absolute Gasteiger partial charge is 0.141 e. The van der Waals surface area contributed by atoms with Crippen LogP contribution in [0.3, 0.4) is 0 Å². The fraction of sp³-hybridized carbons (Fsp3) is 0.167. The Kier molecular flexibility index (Phi) is 2.45. The van der Waals surface area contributed by atoms with Gasteiger partial charge in [-0.15, -0.1) is 0 Å². The van der Waals surface area contributed by atoms with Crippen molar-refractivity contribution in [1.29, 1.82) is 5.26 Å². The van der Waals surface area contributed by atoms with Gasteiger partial charge in [0.05, 0.1) is 22.9 Å². The minimum Gasteiger partial charge on any atom is -0.361 e. The van der Waals surface area contributed by atoms with Crippen LogP contribution < -0.4 is 0 Å². The molecule has 0 amide bonds. The number of aryl methyl sites for hydroxylation is 2. The molecule has 0 fully saturated rings. The Labute approximate surface area is 92.1 Å². The molecule has 0 saturated heterocycles. The maximum absolute atomic E-state index is 13.7. The molecule has 80 valence electrons. The van der Waals surface area contributed by atoms with E-state index in [1.165, 1.54) is 6.07 Å². The van der Waals surface area contributed by atoms with Crippen LogP contribution in [-0.2, 0) is 0 Å². The summed E-state index contributed by atoms with van der Waals surface area (Å²) in [5, 5.41) is 12.4. The summed E-state index contributed by atoms with van der Waals surface area (Å²) in [6, 6.07) is 6.24. The van der Waals surface area contributed by atoms with Crippen molar-refractivity contribution in [2.45, 2.75) is 13.8 Å². The number of nitrogens with zero attached hydrogens (tertiary/aromatic N) is 2. The standard InChI is InChI=1S/C12H9FN2O/c1-7-12(8(2)16-15-7)10-4-3-9(6-14)5-11(10)13/h3-5H,1-2H3. The largest absolute Gasteiger partial charge is 0.361 e. The lowest BCUT2D eigenvalue weighted by atomic mass is 10.0. The van der Waals surface area contributed by atoms with Gasteiger partial charge in [-0.2, -0.15) is 5.26 Å². The fourth-order valence-corrected chi connectivity index (χ4v) is 1.65. The van der Waals surface area contributed by atoms with Crippen LogP contribution in [0.1, 0.15) is 17.0 Å². The molecule has 0 aliphatic rings. The fourth-order valence-electron chi connectivity index (χ4n) is 1.65. The quantitative estimate of drug-likeness (QED) is 0.736. The zero-order valence-corrected chi connectivity index (χ0v) is 8.91. The van der Waals surface area contributed by atoms with Gasteiger partial charge in [-0.3, -0.25) is 0 Å². The molecule has 0 aliphatic heterocycles.